The summed E-state index contributed by atoms with van der Waals surface area (Å²) in [7, 11) is 3.53. The summed E-state index contributed by atoms with van der Waals surface area (Å²) in [5, 5.41) is 7.39. The van der Waals surface area contributed by atoms with Gasteiger partial charge in [-0.1, -0.05) is 0 Å². The first-order valence-corrected chi connectivity index (χ1v) is 9.20. The van der Waals surface area contributed by atoms with Crippen molar-refractivity contribution in [3.05, 3.63) is 42.5 Å². The van der Waals surface area contributed by atoms with Gasteiger partial charge in [0.1, 0.15) is 18.1 Å². The Morgan fingerprint density at radius 2 is 2.07 bits per heavy atom. The highest BCUT2D eigenvalue weighted by Crippen LogP contribution is 2.16. The van der Waals surface area contributed by atoms with E-state index in [0.717, 1.165) is 12.1 Å². The van der Waals surface area contributed by atoms with Crippen LogP contribution in [0.15, 0.2) is 41.7 Å². The molecule has 29 heavy (non-hydrogen) atoms. The van der Waals surface area contributed by atoms with Crippen LogP contribution in [0.25, 0.3) is 0 Å². The van der Waals surface area contributed by atoms with E-state index < -0.39 is 0 Å². The average Bonchev–Trinajstić information content (AvgIpc) is 3.12. The van der Waals surface area contributed by atoms with Crippen molar-refractivity contribution < 1.29 is 13.9 Å². The summed E-state index contributed by atoms with van der Waals surface area (Å²) >= 11 is 0. The summed E-state index contributed by atoms with van der Waals surface area (Å²) in [4.78, 5) is 20.5. The summed E-state index contributed by atoms with van der Waals surface area (Å²) in [6.45, 7) is 2.69. The molecule has 1 saturated heterocycles. The van der Waals surface area contributed by atoms with Crippen molar-refractivity contribution in [1.82, 2.24) is 20.0 Å². The maximum atomic E-state index is 12.9. The monoisotopic (exact) mass is 516 g/mol. The number of amides is 1. The van der Waals surface area contributed by atoms with Gasteiger partial charge in [-0.3, -0.25) is 14.5 Å². The van der Waals surface area contributed by atoms with E-state index in [1.165, 1.54) is 12.1 Å². The van der Waals surface area contributed by atoms with Gasteiger partial charge in [0.05, 0.1) is 18.5 Å². The molecule has 2 heterocycles. The number of halogens is 2. The maximum absolute atomic E-state index is 12.9. The predicted octanol–water partition coefficient (Wildman–Crippen LogP) is 1.87. The quantitative estimate of drug-likeness (QED) is 0.275. The van der Waals surface area contributed by atoms with E-state index in [4.69, 9.17) is 4.74 Å². The fourth-order valence-electron chi connectivity index (χ4n) is 3.00. The van der Waals surface area contributed by atoms with Crippen LogP contribution in [-0.2, 0) is 11.8 Å². The van der Waals surface area contributed by atoms with Crippen molar-refractivity contribution in [3.63, 3.8) is 0 Å². The largest absolute Gasteiger partial charge is 0.494 e. The lowest BCUT2D eigenvalue weighted by atomic mass is 10.3. The van der Waals surface area contributed by atoms with Crippen molar-refractivity contribution >= 4 is 41.5 Å². The summed E-state index contributed by atoms with van der Waals surface area (Å²) in [6.07, 6.45) is 4.28. The average molecular weight is 516 g/mol. The number of guanidine groups is 1. The van der Waals surface area contributed by atoms with Gasteiger partial charge in [0.15, 0.2) is 5.96 Å². The van der Waals surface area contributed by atoms with E-state index in [1.807, 2.05) is 18.1 Å². The molecule has 1 N–H and O–H groups in total. The minimum atomic E-state index is -0.281. The summed E-state index contributed by atoms with van der Waals surface area (Å²) in [6, 6.07) is 5.96. The first kappa shape index (κ1) is 22.9. The Morgan fingerprint density at radius 1 is 1.31 bits per heavy atom. The molecule has 3 rings (SSSR count). The lowest BCUT2D eigenvalue weighted by Crippen LogP contribution is -2.55. The number of benzene rings is 1. The number of anilines is 1. The number of rotatable bonds is 6. The second kappa shape index (κ2) is 11.0. The number of ether oxygens (including phenoxy) is 1. The van der Waals surface area contributed by atoms with E-state index in [2.05, 4.69) is 15.4 Å². The number of piperazine rings is 1. The Kier molecular flexibility index (Phi) is 8.68. The molecule has 1 aromatic carbocycles. The molecule has 10 heteroatoms. The molecule has 0 spiro atoms. The molecule has 158 valence electrons. The van der Waals surface area contributed by atoms with Crippen molar-refractivity contribution in [1.29, 1.82) is 0 Å². The molecule has 0 bridgehead atoms. The molecule has 1 aliphatic heterocycles. The van der Waals surface area contributed by atoms with E-state index in [-0.39, 0.29) is 42.2 Å². The highest BCUT2D eigenvalue weighted by molar-refractivity contribution is 14.0. The zero-order valence-corrected chi connectivity index (χ0v) is 18.9. The Bertz CT molecular complexity index is 826. The molecule has 0 unspecified atom stereocenters. The van der Waals surface area contributed by atoms with Gasteiger partial charge in [0, 0.05) is 39.9 Å². The Morgan fingerprint density at radius 3 is 2.69 bits per heavy atom. The minimum absolute atomic E-state index is 0. The lowest BCUT2D eigenvalue weighted by Gasteiger charge is -2.35. The number of nitrogens with zero attached hydrogens (tertiary/aromatic N) is 5. The van der Waals surface area contributed by atoms with Crippen LogP contribution >= 0.6 is 24.0 Å². The molecular formula is C19H26FIN6O2. The number of aryl methyl sites for hydroxylation is 1. The molecule has 1 fully saturated rings. The fourth-order valence-corrected chi connectivity index (χ4v) is 3.00. The zero-order chi connectivity index (χ0) is 19.9. The van der Waals surface area contributed by atoms with E-state index in [1.54, 1.807) is 35.0 Å². The molecule has 1 amide bonds. The van der Waals surface area contributed by atoms with Gasteiger partial charge in [0.25, 0.3) is 0 Å². The number of nitrogens with one attached hydrogen (secondary N) is 1. The van der Waals surface area contributed by atoms with Gasteiger partial charge in [-0.05, 0) is 30.7 Å². The van der Waals surface area contributed by atoms with Crippen LogP contribution in [0.2, 0.25) is 0 Å². The van der Waals surface area contributed by atoms with Crippen LogP contribution in [-0.4, -0.2) is 66.4 Å². The molecular weight excluding hydrogens is 490 g/mol. The second-order valence-electron chi connectivity index (χ2n) is 6.47. The maximum Gasteiger partial charge on any atom is 0.246 e. The number of hydrogen-bond acceptors (Lipinski definition) is 4. The minimum Gasteiger partial charge on any atom is -0.494 e. The molecule has 8 nitrogen and oxygen atoms in total. The van der Waals surface area contributed by atoms with Crippen molar-refractivity contribution in [2.24, 2.45) is 12.0 Å². The normalized spacial score (nSPS) is 14.6. The molecule has 0 atom stereocenters. The third kappa shape index (κ3) is 6.31. The van der Waals surface area contributed by atoms with Crippen LogP contribution < -0.4 is 15.0 Å². The number of aliphatic imine (C=N–C) groups is 1. The van der Waals surface area contributed by atoms with Crippen molar-refractivity contribution in [2.75, 3.05) is 44.7 Å². The summed E-state index contributed by atoms with van der Waals surface area (Å²) in [5.41, 5.74) is 0.813. The van der Waals surface area contributed by atoms with Crippen LogP contribution in [0.1, 0.15) is 6.42 Å². The third-order valence-corrected chi connectivity index (χ3v) is 4.42. The fraction of sp³-hybridized carbons (Fsp3) is 0.421. The second-order valence-corrected chi connectivity index (χ2v) is 6.47. The number of aromatic nitrogens is 2. The standard InChI is InChI=1S/C19H25FN6O2.HI/c1-21-19(22-8-3-11-28-17-6-4-15(20)5-7-17)25-9-10-26(18(27)14-25)16-12-23-24(2)13-16;/h4-7,12-13H,3,8-11,14H2,1-2H3,(H,21,22);1H. The topological polar surface area (TPSA) is 75.0 Å². The number of carbonyl (C=O) groups excluding carboxylic acids is 1. The zero-order valence-electron chi connectivity index (χ0n) is 16.5. The van der Waals surface area contributed by atoms with Gasteiger partial charge in [-0.25, -0.2) is 4.39 Å². The Balaban J connectivity index is 0.00000300. The number of carbonyl (C=O) groups is 1. The van der Waals surface area contributed by atoms with E-state index in [0.29, 0.717) is 38.0 Å². The Hall–Kier alpha value is -2.37. The first-order valence-electron chi connectivity index (χ1n) is 9.20. The van der Waals surface area contributed by atoms with Crippen molar-refractivity contribution in [3.8, 4) is 5.75 Å². The van der Waals surface area contributed by atoms with E-state index in [9.17, 15) is 9.18 Å². The van der Waals surface area contributed by atoms with E-state index >= 15 is 0 Å². The molecule has 2 aromatic rings. The van der Waals surface area contributed by atoms with Crippen LogP contribution in [0.3, 0.4) is 0 Å². The molecule has 1 aromatic heterocycles. The van der Waals surface area contributed by atoms with Crippen LogP contribution in [0.4, 0.5) is 10.1 Å². The van der Waals surface area contributed by atoms with Crippen molar-refractivity contribution in [2.45, 2.75) is 6.42 Å². The highest BCUT2D eigenvalue weighted by Gasteiger charge is 2.27. The molecule has 0 aliphatic carbocycles. The smallest absolute Gasteiger partial charge is 0.246 e. The number of hydrogen-bond donors (Lipinski definition) is 1. The molecule has 0 radical (unpaired) electrons. The summed E-state index contributed by atoms with van der Waals surface area (Å²) < 4.78 is 20.1. The van der Waals surface area contributed by atoms with Gasteiger partial charge in [0.2, 0.25) is 5.91 Å². The molecule has 0 saturated carbocycles. The first-order chi connectivity index (χ1) is 13.6. The summed E-state index contributed by atoms with van der Waals surface area (Å²) in [5.74, 6) is 1.07. The SMILES string of the molecule is CN=C(NCCCOc1ccc(F)cc1)N1CCN(c2cnn(C)c2)C(=O)C1.I. The Labute approximate surface area is 186 Å². The third-order valence-electron chi connectivity index (χ3n) is 4.42. The predicted molar refractivity (Wildman–Crippen MR) is 120 cm³/mol. The van der Waals surface area contributed by atoms with Crippen LogP contribution in [0, 0.1) is 5.82 Å². The van der Waals surface area contributed by atoms with Gasteiger partial charge in [-0.2, -0.15) is 5.10 Å². The van der Waals surface area contributed by atoms with Gasteiger partial charge in [-0.15, -0.1) is 24.0 Å². The molecule has 1 aliphatic rings. The van der Waals surface area contributed by atoms with Gasteiger partial charge >= 0.3 is 0 Å². The van der Waals surface area contributed by atoms with Gasteiger partial charge < -0.3 is 19.9 Å². The lowest BCUT2D eigenvalue weighted by molar-refractivity contribution is -0.120. The highest BCUT2D eigenvalue weighted by atomic mass is 127. The van der Waals surface area contributed by atoms with Crippen LogP contribution in [0.5, 0.6) is 5.75 Å².